The molecule has 0 radical (unpaired) electrons. The molecule has 0 aliphatic rings. The maximum Gasteiger partial charge on any atom is 0.00818 e. The lowest BCUT2D eigenvalue weighted by molar-refractivity contribution is 0.450. The van der Waals surface area contributed by atoms with Gasteiger partial charge in [0.25, 0.3) is 0 Å². The van der Waals surface area contributed by atoms with Gasteiger partial charge >= 0.3 is 0 Å². The first-order chi connectivity index (χ1) is 8.02. The molecule has 0 spiro atoms. The van der Waals surface area contributed by atoms with Crippen LogP contribution in [0.1, 0.15) is 57.6 Å². The van der Waals surface area contributed by atoms with Crippen molar-refractivity contribution in [2.24, 2.45) is 11.7 Å². The second kappa shape index (κ2) is 6.80. The molecule has 1 nitrogen and oxygen atoms in total. The van der Waals surface area contributed by atoms with Crippen LogP contribution >= 0.6 is 0 Å². The zero-order chi connectivity index (χ0) is 12.8. The summed E-state index contributed by atoms with van der Waals surface area (Å²) in [6.07, 6.45) is 3.35. The van der Waals surface area contributed by atoms with Crippen molar-refractivity contribution < 1.29 is 0 Å². The molecule has 1 aromatic rings. The third-order valence-corrected chi connectivity index (χ3v) is 3.55. The lowest BCUT2D eigenvalue weighted by Crippen LogP contribution is -2.25. The van der Waals surface area contributed by atoms with Gasteiger partial charge < -0.3 is 5.73 Å². The maximum absolute atomic E-state index is 6.18. The van der Waals surface area contributed by atoms with Crippen LogP contribution in [0.25, 0.3) is 0 Å². The molecule has 0 bridgehead atoms. The van der Waals surface area contributed by atoms with E-state index in [0.29, 0.717) is 12.0 Å². The topological polar surface area (TPSA) is 26.0 Å². The van der Waals surface area contributed by atoms with Crippen LogP contribution in [0.15, 0.2) is 24.3 Å². The minimum Gasteiger partial charge on any atom is -0.327 e. The van der Waals surface area contributed by atoms with Gasteiger partial charge in [0, 0.05) is 6.04 Å². The molecular weight excluding hydrogens is 206 g/mol. The Hall–Kier alpha value is -0.820. The lowest BCUT2D eigenvalue weighted by Gasteiger charge is -2.16. The molecule has 2 N–H and O–H groups in total. The molecule has 2 unspecified atom stereocenters. The van der Waals surface area contributed by atoms with E-state index in [1.807, 2.05) is 0 Å². The molecular formula is C16H27N. The molecule has 1 aromatic carbocycles. The van der Waals surface area contributed by atoms with Crippen LogP contribution in [0, 0.1) is 5.92 Å². The van der Waals surface area contributed by atoms with Gasteiger partial charge in [0.2, 0.25) is 0 Å². The van der Waals surface area contributed by atoms with Gasteiger partial charge in [-0.2, -0.15) is 0 Å². The third-order valence-electron chi connectivity index (χ3n) is 3.55. The van der Waals surface area contributed by atoms with Gasteiger partial charge in [0.1, 0.15) is 0 Å². The van der Waals surface area contributed by atoms with Crippen LogP contribution < -0.4 is 5.73 Å². The normalized spacial score (nSPS) is 14.9. The highest BCUT2D eigenvalue weighted by Crippen LogP contribution is 2.17. The van der Waals surface area contributed by atoms with Gasteiger partial charge in [-0.25, -0.2) is 0 Å². The van der Waals surface area contributed by atoms with Crippen molar-refractivity contribution >= 4 is 0 Å². The molecule has 0 saturated carbocycles. The number of rotatable bonds is 6. The van der Waals surface area contributed by atoms with Gasteiger partial charge in [-0.15, -0.1) is 0 Å². The molecule has 2 atom stereocenters. The van der Waals surface area contributed by atoms with Crippen molar-refractivity contribution in [1.29, 1.82) is 0 Å². The summed E-state index contributed by atoms with van der Waals surface area (Å²) >= 11 is 0. The predicted molar refractivity (Wildman–Crippen MR) is 76.3 cm³/mol. The van der Waals surface area contributed by atoms with Crippen molar-refractivity contribution in [1.82, 2.24) is 0 Å². The number of hydrogen-bond donors (Lipinski definition) is 1. The summed E-state index contributed by atoms with van der Waals surface area (Å²) < 4.78 is 0. The van der Waals surface area contributed by atoms with Gasteiger partial charge in [-0.1, -0.05) is 58.4 Å². The number of hydrogen-bond acceptors (Lipinski definition) is 1. The second-order valence-electron chi connectivity index (χ2n) is 5.61. The summed E-state index contributed by atoms with van der Waals surface area (Å²) in [5.41, 5.74) is 8.95. The van der Waals surface area contributed by atoms with Crippen LogP contribution in [0.2, 0.25) is 0 Å². The Bertz CT molecular complexity index is 313. The highest BCUT2D eigenvalue weighted by atomic mass is 14.6. The zero-order valence-corrected chi connectivity index (χ0v) is 11.7. The molecule has 0 heterocycles. The van der Waals surface area contributed by atoms with E-state index in [0.717, 1.165) is 18.8 Å². The fraction of sp³-hybridized carbons (Fsp3) is 0.625. The summed E-state index contributed by atoms with van der Waals surface area (Å²) in [5, 5.41) is 0. The predicted octanol–water partition coefficient (Wildman–Crippen LogP) is 4.12. The van der Waals surface area contributed by atoms with E-state index < -0.39 is 0 Å². The van der Waals surface area contributed by atoms with Crippen molar-refractivity contribution in [2.45, 2.75) is 58.9 Å². The average Bonchev–Trinajstić information content (AvgIpc) is 2.29. The number of nitrogens with two attached hydrogens (primary N) is 1. The van der Waals surface area contributed by atoms with Gasteiger partial charge in [0.15, 0.2) is 0 Å². The second-order valence-corrected chi connectivity index (χ2v) is 5.61. The summed E-state index contributed by atoms with van der Waals surface area (Å²) in [6.45, 7) is 8.96. The van der Waals surface area contributed by atoms with Crippen LogP contribution in [-0.4, -0.2) is 6.04 Å². The molecule has 0 aliphatic heterocycles. The molecule has 17 heavy (non-hydrogen) atoms. The lowest BCUT2D eigenvalue weighted by atomic mass is 9.94. The fourth-order valence-corrected chi connectivity index (χ4v) is 2.11. The molecule has 1 rings (SSSR count). The summed E-state index contributed by atoms with van der Waals surface area (Å²) in [7, 11) is 0. The van der Waals surface area contributed by atoms with E-state index >= 15 is 0 Å². The first kappa shape index (κ1) is 14.2. The van der Waals surface area contributed by atoms with E-state index in [1.165, 1.54) is 17.5 Å². The van der Waals surface area contributed by atoms with Gasteiger partial charge in [-0.05, 0) is 35.8 Å². The fourth-order valence-electron chi connectivity index (χ4n) is 2.11. The first-order valence-electron chi connectivity index (χ1n) is 6.87. The smallest absolute Gasteiger partial charge is 0.00818 e. The van der Waals surface area contributed by atoms with Crippen LogP contribution in [-0.2, 0) is 6.42 Å². The summed E-state index contributed by atoms with van der Waals surface area (Å²) in [6, 6.07) is 9.22. The molecule has 0 aliphatic carbocycles. The Balaban J connectivity index is 2.51. The highest BCUT2D eigenvalue weighted by molar-refractivity contribution is 5.25. The SMILES string of the molecule is CCC(C)CC(N)Cc1ccc(C(C)C)cc1. The Labute approximate surface area is 106 Å². The molecule has 96 valence electrons. The largest absolute Gasteiger partial charge is 0.327 e. The van der Waals surface area contributed by atoms with E-state index in [4.69, 9.17) is 5.73 Å². The summed E-state index contributed by atoms with van der Waals surface area (Å²) in [5.74, 6) is 1.35. The molecule has 0 saturated heterocycles. The Kier molecular flexibility index (Phi) is 5.70. The van der Waals surface area contributed by atoms with Crippen molar-refractivity contribution in [3.8, 4) is 0 Å². The van der Waals surface area contributed by atoms with E-state index in [1.54, 1.807) is 0 Å². The van der Waals surface area contributed by atoms with Crippen LogP contribution in [0.4, 0.5) is 0 Å². The third kappa shape index (κ3) is 4.91. The van der Waals surface area contributed by atoms with E-state index in [2.05, 4.69) is 52.0 Å². The monoisotopic (exact) mass is 233 g/mol. The zero-order valence-electron chi connectivity index (χ0n) is 11.7. The first-order valence-corrected chi connectivity index (χ1v) is 6.87. The van der Waals surface area contributed by atoms with Gasteiger partial charge in [-0.3, -0.25) is 0 Å². The molecule has 0 fully saturated rings. The number of benzene rings is 1. The quantitative estimate of drug-likeness (QED) is 0.786. The Morgan fingerprint density at radius 1 is 1.06 bits per heavy atom. The van der Waals surface area contributed by atoms with Crippen molar-refractivity contribution in [2.75, 3.05) is 0 Å². The van der Waals surface area contributed by atoms with Crippen molar-refractivity contribution in [3.63, 3.8) is 0 Å². The minimum atomic E-state index is 0.301. The maximum atomic E-state index is 6.18. The standard InChI is InChI=1S/C16H27N/c1-5-13(4)10-16(17)11-14-6-8-15(9-7-14)12(2)3/h6-9,12-13,16H,5,10-11,17H2,1-4H3. The molecule has 1 heteroatoms. The van der Waals surface area contributed by atoms with Crippen LogP contribution in [0.5, 0.6) is 0 Å². The van der Waals surface area contributed by atoms with E-state index in [9.17, 15) is 0 Å². The Morgan fingerprint density at radius 2 is 1.65 bits per heavy atom. The Morgan fingerprint density at radius 3 is 2.12 bits per heavy atom. The van der Waals surface area contributed by atoms with Crippen LogP contribution in [0.3, 0.4) is 0 Å². The van der Waals surface area contributed by atoms with Crippen molar-refractivity contribution in [3.05, 3.63) is 35.4 Å². The molecule has 0 amide bonds. The average molecular weight is 233 g/mol. The highest BCUT2D eigenvalue weighted by Gasteiger charge is 2.08. The van der Waals surface area contributed by atoms with E-state index in [-0.39, 0.29) is 0 Å². The summed E-state index contributed by atoms with van der Waals surface area (Å²) in [4.78, 5) is 0. The van der Waals surface area contributed by atoms with Gasteiger partial charge in [0.05, 0.1) is 0 Å². The minimum absolute atomic E-state index is 0.301. The molecule has 0 aromatic heterocycles.